The molecule has 4 nitrogen and oxygen atoms in total. The van der Waals surface area contributed by atoms with Crippen LogP contribution in [0.15, 0.2) is 33.6 Å². The maximum absolute atomic E-state index is 13.5. The third-order valence-electron chi connectivity index (χ3n) is 2.76. The van der Waals surface area contributed by atoms with Crippen LogP contribution in [0.25, 0.3) is 0 Å². The molecule has 23 heavy (non-hydrogen) atoms. The minimum absolute atomic E-state index is 0.118. The summed E-state index contributed by atoms with van der Waals surface area (Å²) in [6.07, 6.45) is 0. The summed E-state index contributed by atoms with van der Waals surface area (Å²) in [4.78, 5) is -0.870. The fourth-order valence-electron chi connectivity index (χ4n) is 1.69. The van der Waals surface area contributed by atoms with E-state index >= 15 is 0 Å². The first kappa shape index (κ1) is 17.5. The summed E-state index contributed by atoms with van der Waals surface area (Å²) in [6, 6.07) is 3.48. The molecular weight excluding hydrogens is 406 g/mol. The lowest BCUT2D eigenvalue weighted by Gasteiger charge is -2.11. The van der Waals surface area contributed by atoms with Crippen molar-refractivity contribution >= 4 is 31.6 Å². The fourth-order valence-corrected chi connectivity index (χ4v) is 3.75. The highest BCUT2D eigenvalue weighted by Gasteiger charge is 2.25. The van der Waals surface area contributed by atoms with Crippen LogP contribution in [0.3, 0.4) is 0 Å². The Balaban J connectivity index is 2.46. The molecule has 0 spiro atoms. The number of nitrogens with one attached hydrogen (secondary N) is 1. The number of ether oxygens (including phenoxy) is 1. The highest BCUT2D eigenvalue weighted by Crippen LogP contribution is 2.30. The van der Waals surface area contributed by atoms with E-state index < -0.39 is 42.7 Å². The Kier molecular flexibility index (Phi) is 4.85. The van der Waals surface area contributed by atoms with E-state index in [4.69, 9.17) is 0 Å². The zero-order valence-electron chi connectivity index (χ0n) is 11.3. The Morgan fingerprint density at radius 2 is 1.70 bits per heavy atom. The van der Waals surface area contributed by atoms with Gasteiger partial charge in [-0.1, -0.05) is 0 Å². The van der Waals surface area contributed by atoms with E-state index in [9.17, 15) is 26.0 Å². The predicted molar refractivity (Wildman–Crippen MR) is 77.8 cm³/mol. The standard InChI is InChI=1S/C13H8BrF4NO3S/c1-22-9-3-2-6(4-7(9)15)19-23(20,21)10-5-8(16)12(17)13(18)11(10)14/h2-5,19H,1H3. The first-order chi connectivity index (χ1) is 10.7. The van der Waals surface area contributed by atoms with E-state index in [0.29, 0.717) is 6.07 Å². The van der Waals surface area contributed by atoms with E-state index in [2.05, 4.69) is 20.7 Å². The summed E-state index contributed by atoms with van der Waals surface area (Å²) in [6.45, 7) is 0. The molecule has 1 N–H and O–H groups in total. The van der Waals surface area contributed by atoms with Gasteiger partial charge >= 0.3 is 0 Å². The first-order valence-electron chi connectivity index (χ1n) is 5.86. The maximum Gasteiger partial charge on any atom is 0.263 e. The number of methoxy groups -OCH3 is 1. The summed E-state index contributed by atoms with van der Waals surface area (Å²) in [5.41, 5.74) is -0.208. The molecule has 2 rings (SSSR count). The molecule has 0 aromatic heterocycles. The van der Waals surface area contributed by atoms with Crippen LogP contribution in [-0.2, 0) is 10.0 Å². The molecule has 0 aliphatic rings. The average Bonchev–Trinajstić information content (AvgIpc) is 2.48. The van der Waals surface area contributed by atoms with E-state index in [0.717, 1.165) is 12.1 Å². The van der Waals surface area contributed by atoms with Crippen LogP contribution >= 0.6 is 15.9 Å². The van der Waals surface area contributed by atoms with Crippen molar-refractivity contribution in [2.45, 2.75) is 4.90 Å². The van der Waals surface area contributed by atoms with E-state index in [1.807, 2.05) is 4.72 Å². The van der Waals surface area contributed by atoms with Gasteiger partial charge in [0.05, 0.1) is 17.3 Å². The molecule has 0 aliphatic heterocycles. The summed E-state index contributed by atoms with van der Waals surface area (Å²) in [5.74, 6) is -6.14. The Morgan fingerprint density at radius 1 is 1.04 bits per heavy atom. The van der Waals surface area contributed by atoms with Gasteiger partial charge in [0.2, 0.25) is 0 Å². The van der Waals surface area contributed by atoms with Crippen LogP contribution in [-0.4, -0.2) is 15.5 Å². The Hall–Kier alpha value is -1.81. The van der Waals surface area contributed by atoms with E-state index in [-0.39, 0.29) is 11.4 Å². The molecule has 0 atom stereocenters. The zero-order valence-corrected chi connectivity index (χ0v) is 13.7. The van der Waals surface area contributed by atoms with E-state index in [1.54, 1.807) is 0 Å². The number of hydrogen-bond donors (Lipinski definition) is 1. The number of hydrogen-bond acceptors (Lipinski definition) is 3. The zero-order chi connectivity index (χ0) is 17.4. The SMILES string of the molecule is COc1ccc(NS(=O)(=O)c2cc(F)c(F)c(F)c2Br)cc1F. The van der Waals surface area contributed by atoms with Crippen LogP contribution in [0.5, 0.6) is 5.75 Å². The summed E-state index contributed by atoms with van der Waals surface area (Å²) in [7, 11) is -3.27. The lowest BCUT2D eigenvalue weighted by atomic mass is 10.3. The minimum Gasteiger partial charge on any atom is -0.494 e. The van der Waals surface area contributed by atoms with Crippen molar-refractivity contribution in [2.24, 2.45) is 0 Å². The molecule has 0 saturated carbocycles. The lowest BCUT2D eigenvalue weighted by Crippen LogP contribution is -2.15. The van der Waals surface area contributed by atoms with Gasteiger partial charge < -0.3 is 4.74 Å². The molecule has 2 aromatic carbocycles. The second kappa shape index (κ2) is 6.36. The number of sulfonamides is 1. The smallest absolute Gasteiger partial charge is 0.263 e. The summed E-state index contributed by atoms with van der Waals surface area (Å²) >= 11 is 2.56. The van der Waals surface area contributed by atoms with Gasteiger partial charge in [-0.05, 0) is 34.1 Å². The number of rotatable bonds is 4. The van der Waals surface area contributed by atoms with Gasteiger partial charge in [-0.25, -0.2) is 26.0 Å². The van der Waals surface area contributed by atoms with Crippen molar-refractivity contribution < 1.29 is 30.7 Å². The Morgan fingerprint density at radius 3 is 2.26 bits per heavy atom. The highest BCUT2D eigenvalue weighted by atomic mass is 79.9. The minimum atomic E-state index is -4.49. The van der Waals surface area contributed by atoms with Crippen LogP contribution in [0, 0.1) is 23.3 Å². The average molecular weight is 414 g/mol. The lowest BCUT2D eigenvalue weighted by molar-refractivity contribution is 0.386. The highest BCUT2D eigenvalue weighted by molar-refractivity contribution is 9.10. The van der Waals surface area contributed by atoms with Crippen molar-refractivity contribution in [3.63, 3.8) is 0 Å². The third kappa shape index (κ3) is 3.42. The maximum atomic E-state index is 13.5. The molecule has 0 fully saturated rings. The van der Waals surface area contributed by atoms with Crippen molar-refractivity contribution in [2.75, 3.05) is 11.8 Å². The van der Waals surface area contributed by atoms with Crippen LogP contribution < -0.4 is 9.46 Å². The van der Waals surface area contributed by atoms with Crippen LogP contribution in [0.4, 0.5) is 23.2 Å². The first-order valence-corrected chi connectivity index (χ1v) is 8.14. The molecule has 124 valence electrons. The molecule has 2 aromatic rings. The van der Waals surface area contributed by atoms with Gasteiger partial charge in [0.25, 0.3) is 10.0 Å². The number of halogens is 5. The Labute approximate surface area is 137 Å². The van der Waals surface area contributed by atoms with Gasteiger partial charge in [-0.3, -0.25) is 4.72 Å². The van der Waals surface area contributed by atoms with Gasteiger partial charge in [0.1, 0.15) is 4.90 Å². The molecule has 0 heterocycles. The molecule has 0 aliphatic carbocycles. The topological polar surface area (TPSA) is 55.4 Å². The number of anilines is 1. The van der Waals surface area contributed by atoms with Crippen molar-refractivity contribution in [3.8, 4) is 5.75 Å². The molecule has 0 amide bonds. The summed E-state index contributed by atoms with van der Waals surface area (Å²) < 4.78 is 83.5. The fraction of sp³-hybridized carbons (Fsp3) is 0.0769. The third-order valence-corrected chi connectivity index (χ3v) is 5.21. The molecule has 0 saturated heterocycles. The largest absolute Gasteiger partial charge is 0.494 e. The van der Waals surface area contributed by atoms with Crippen molar-refractivity contribution in [1.29, 1.82) is 0 Å². The Bertz CT molecular complexity index is 874. The van der Waals surface area contributed by atoms with Gasteiger partial charge in [-0.15, -0.1) is 0 Å². The monoisotopic (exact) mass is 413 g/mol. The second-order valence-corrected chi connectivity index (χ2v) is 6.70. The van der Waals surface area contributed by atoms with Gasteiger partial charge in [0.15, 0.2) is 29.0 Å². The quantitative estimate of drug-likeness (QED) is 0.471. The molecule has 0 unspecified atom stereocenters. The van der Waals surface area contributed by atoms with Crippen LogP contribution in [0.1, 0.15) is 0 Å². The molecule has 10 heteroatoms. The van der Waals surface area contributed by atoms with Gasteiger partial charge in [-0.2, -0.15) is 0 Å². The molecular formula is C13H8BrF4NO3S. The van der Waals surface area contributed by atoms with Crippen molar-refractivity contribution in [3.05, 3.63) is 52.0 Å². The molecule has 0 bridgehead atoms. The predicted octanol–water partition coefficient (Wildman–Crippen LogP) is 3.81. The number of benzene rings is 2. The molecule has 0 radical (unpaired) electrons. The second-order valence-electron chi connectivity index (χ2n) is 4.25. The van der Waals surface area contributed by atoms with Gasteiger partial charge in [0, 0.05) is 6.07 Å². The van der Waals surface area contributed by atoms with Crippen LogP contribution in [0.2, 0.25) is 0 Å². The van der Waals surface area contributed by atoms with E-state index in [1.165, 1.54) is 13.2 Å². The van der Waals surface area contributed by atoms with Crippen molar-refractivity contribution in [1.82, 2.24) is 0 Å². The normalized spacial score (nSPS) is 11.4. The summed E-state index contributed by atoms with van der Waals surface area (Å²) in [5, 5.41) is 0.